The SMILES string of the molecule is Clc1ccccn1.O=CO. The summed E-state index contributed by atoms with van der Waals surface area (Å²) < 4.78 is 0. The van der Waals surface area contributed by atoms with E-state index in [1.54, 1.807) is 12.3 Å². The first-order valence-electron chi connectivity index (χ1n) is 2.45. The van der Waals surface area contributed by atoms with Gasteiger partial charge in [-0.05, 0) is 12.1 Å². The summed E-state index contributed by atoms with van der Waals surface area (Å²) in [4.78, 5) is 12.1. The van der Waals surface area contributed by atoms with E-state index in [2.05, 4.69) is 4.98 Å². The molecule has 0 saturated carbocycles. The van der Waals surface area contributed by atoms with Gasteiger partial charge in [0.1, 0.15) is 5.15 Å². The van der Waals surface area contributed by atoms with Crippen molar-refractivity contribution in [3.63, 3.8) is 0 Å². The van der Waals surface area contributed by atoms with Crippen LogP contribution in [0.2, 0.25) is 5.15 Å². The zero-order chi connectivity index (χ0) is 7.82. The summed E-state index contributed by atoms with van der Waals surface area (Å²) in [6.07, 6.45) is 1.66. The van der Waals surface area contributed by atoms with E-state index in [1.165, 1.54) is 0 Å². The Morgan fingerprint density at radius 3 is 2.40 bits per heavy atom. The molecule has 0 unspecified atom stereocenters. The number of rotatable bonds is 0. The number of aromatic nitrogens is 1. The molecule has 1 heterocycles. The summed E-state index contributed by atoms with van der Waals surface area (Å²) in [5, 5.41) is 7.43. The predicted molar refractivity (Wildman–Crippen MR) is 37.9 cm³/mol. The smallest absolute Gasteiger partial charge is 0.290 e. The van der Waals surface area contributed by atoms with E-state index in [0.717, 1.165) is 0 Å². The van der Waals surface area contributed by atoms with Crippen LogP contribution in [0, 0.1) is 0 Å². The van der Waals surface area contributed by atoms with Crippen LogP contribution in [-0.2, 0) is 4.79 Å². The van der Waals surface area contributed by atoms with Gasteiger partial charge in [0.15, 0.2) is 0 Å². The molecule has 4 heteroatoms. The van der Waals surface area contributed by atoms with Crippen LogP contribution in [0.3, 0.4) is 0 Å². The van der Waals surface area contributed by atoms with E-state index in [0.29, 0.717) is 5.15 Å². The fourth-order valence-electron chi connectivity index (χ4n) is 0.342. The number of carboxylic acid groups (broad SMARTS) is 1. The van der Waals surface area contributed by atoms with Gasteiger partial charge in [-0.1, -0.05) is 17.7 Å². The molecule has 1 rings (SSSR count). The average Bonchev–Trinajstić information content (AvgIpc) is 1.91. The molecule has 0 fully saturated rings. The van der Waals surface area contributed by atoms with Crippen LogP contribution in [0.4, 0.5) is 0 Å². The van der Waals surface area contributed by atoms with Crippen LogP contribution in [0.25, 0.3) is 0 Å². The molecule has 0 aliphatic rings. The monoisotopic (exact) mass is 159 g/mol. The highest BCUT2D eigenvalue weighted by molar-refractivity contribution is 6.29. The normalized spacial score (nSPS) is 7.30. The third-order valence-electron chi connectivity index (χ3n) is 0.629. The molecule has 0 saturated heterocycles. The van der Waals surface area contributed by atoms with Crippen molar-refractivity contribution in [1.82, 2.24) is 4.98 Å². The summed E-state index contributed by atoms with van der Waals surface area (Å²) in [5.74, 6) is 0. The zero-order valence-electron chi connectivity index (χ0n) is 5.07. The van der Waals surface area contributed by atoms with E-state index in [-0.39, 0.29) is 6.47 Å². The first-order chi connectivity index (χ1) is 4.81. The molecule has 0 aliphatic carbocycles. The van der Waals surface area contributed by atoms with E-state index in [9.17, 15) is 0 Å². The fourth-order valence-corrected chi connectivity index (χ4v) is 0.471. The molecule has 1 N–H and O–H groups in total. The lowest BCUT2D eigenvalue weighted by molar-refractivity contribution is -0.122. The van der Waals surface area contributed by atoms with Gasteiger partial charge >= 0.3 is 0 Å². The first kappa shape index (κ1) is 8.91. The molecule has 1 aromatic rings. The summed E-state index contributed by atoms with van der Waals surface area (Å²) >= 11 is 5.43. The van der Waals surface area contributed by atoms with Gasteiger partial charge in [0, 0.05) is 6.20 Å². The van der Waals surface area contributed by atoms with E-state index in [1.807, 2.05) is 12.1 Å². The largest absolute Gasteiger partial charge is 0.483 e. The van der Waals surface area contributed by atoms with E-state index in [4.69, 9.17) is 21.5 Å². The van der Waals surface area contributed by atoms with Gasteiger partial charge in [-0.25, -0.2) is 4.98 Å². The van der Waals surface area contributed by atoms with Crippen molar-refractivity contribution in [1.29, 1.82) is 0 Å². The average molecular weight is 160 g/mol. The van der Waals surface area contributed by atoms with Crippen LogP contribution in [0.15, 0.2) is 24.4 Å². The Kier molecular flexibility index (Phi) is 5.38. The van der Waals surface area contributed by atoms with Crippen LogP contribution < -0.4 is 0 Å². The summed E-state index contributed by atoms with van der Waals surface area (Å²) in [6, 6.07) is 5.41. The van der Waals surface area contributed by atoms with Gasteiger partial charge in [-0.2, -0.15) is 0 Å². The quantitative estimate of drug-likeness (QED) is 0.460. The molecular formula is C6H6ClNO2. The van der Waals surface area contributed by atoms with Crippen molar-refractivity contribution in [3.05, 3.63) is 29.5 Å². The lowest BCUT2D eigenvalue weighted by Gasteiger charge is -1.79. The van der Waals surface area contributed by atoms with Crippen LogP contribution in [0.5, 0.6) is 0 Å². The van der Waals surface area contributed by atoms with Crippen molar-refractivity contribution < 1.29 is 9.90 Å². The van der Waals surface area contributed by atoms with Crippen molar-refractivity contribution in [2.45, 2.75) is 0 Å². The fraction of sp³-hybridized carbons (Fsp3) is 0. The highest BCUT2D eigenvalue weighted by Gasteiger charge is 1.76. The Bertz CT molecular complexity index is 178. The second-order valence-electron chi connectivity index (χ2n) is 1.26. The lowest BCUT2D eigenvalue weighted by atomic mass is 10.5. The molecular weight excluding hydrogens is 154 g/mol. The van der Waals surface area contributed by atoms with Crippen molar-refractivity contribution in [2.75, 3.05) is 0 Å². The van der Waals surface area contributed by atoms with Gasteiger partial charge in [-0.15, -0.1) is 0 Å². The number of hydrogen-bond donors (Lipinski definition) is 1. The minimum atomic E-state index is -0.250. The number of pyridine rings is 1. The summed E-state index contributed by atoms with van der Waals surface area (Å²) in [7, 11) is 0. The van der Waals surface area contributed by atoms with Gasteiger partial charge in [-0.3, -0.25) is 4.79 Å². The number of carbonyl (C=O) groups is 1. The third kappa shape index (κ3) is 5.05. The predicted octanol–water partition coefficient (Wildman–Crippen LogP) is 1.44. The third-order valence-corrected chi connectivity index (χ3v) is 0.852. The summed E-state index contributed by atoms with van der Waals surface area (Å²) in [5.41, 5.74) is 0. The molecule has 1 aromatic heterocycles. The van der Waals surface area contributed by atoms with E-state index < -0.39 is 0 Å². The number of nitrogens with zero attached hydrogens (tertiary/aromatic N) is 1. The highest BCUT2D eigenvalue weighted by Crippen LogP contribution is 1.98. The molecule has 0 amide bonds. The molecule has 0 bridgehead atoms. The highest BCUT2D eigenvalue weighted by atomic mass is 35.5. The van der Waals surface area contributed by atoms with Crippen molar-refractivity contribution in [2.24, 2.45) is 0 Å². The molecule has 0 atom stereocenters. The number of hydrogen-bond acceptors (Lipinski definition) is 2. The molecule has 54 valence electrons. The first-order valence-corrected chi connectivity index (χ1v) is 2.83. The van der Waals surface area contributed by atoms with Gasteiger partial charge < -0.3 is 5.11 Å². The van der Waals surface area contributed by atoms with Gasteiger partial charge in [0.05, 0.1) is 0 Å². The van der Waals surface area contributed by atoms with Gasteiger partial charge in [0.2, 0.25) is 0 Å². The van der Waals surface area contributed by atoms with Crippen molar-refractivity contribution >= 4 is 18.1 Å². The Morgan fingerprint density at radius 2 is 2.20 bits per heavy atom. The van der Waals surface area contributed by atoms with Crippen LogP contribution >= 0.6 is 11.6 Å². The van der Waals surface area contributed by atoms with Crippen LogP contribution in [0.1, 0.15) is 0 Å². The summed E-state index contributed by atoms with van der Waals surface area (Å²) in [6.45, 7) is -0.250. The molecule has 10 heavy (non-hydrogen) atoms. The Balaban J connectivity index is 0.000000236. The molecule has 0 spiro atoms. The maximum atomic E-state index is 8.36. The van der Waals surface area contributed by atoms with Crippen molar-refractivity contribution in [3.8, 4) is 0 Å². The maximum absolute atomic E-state index is 8.36. The second kappa shape index (κ2) is 6.04. The second-order valence-corrected chi connectivity index (χ2v) is 1.65. The molecule has 0 aromatic carbocycles. The minimum Gasteiger partial charge on any atom is -0.483 e. The van der Waals surface area contributed by atoms with Gasteiger partial charge in [0.25, 0.3) is 6.47 Å². The Hall–Kier alpha value is -1.09. The Morgan fingerprint density at radius 1 is 1.60 bits per heavy atom. The topological polar surface area (TPSA) is 50.2 Å². The number of halogens is 1. The standard InChI is InChI=1S/C5H4ClN.CH2O2/c6-5-3-1-2-4-7-5;2-1-3/h1-4H;1H,(H,2,3). The molecule has 0 radical (unpaired) electrons. The zero-order valence-corrected chi connectivity index (χ0v) is 5.82. The maximum Gasteiger partial charge on any atom is 0.290 e. The molecule has 3 nitrogen and oxygen atoms in total. The van der Waals surface area contributed by atoms with E-state index >= 15 is 0 Å². The minimum absolute atomic E-state index is 0.250. The Labute approximate surface area is 63.3 Å². The van der Waals surface area contributed by atoms with Crippen LogP contribution in [-0.4, -0.2) is 16.6 Å². The lowest BCUT2D eigenvalue weighted by Crippen LogP contribution is -1.65. The molecule has 0 aliphatic heterocycles.